The van der Waals surface area contributed by atoms with Crippen LogP contribution in [0.5, 0.6) is 0 Å². The lowest BCUT2D eigenvalue weighted by Crippen LogP contribution is -2.41. The van der Waals surface area contributed by atoms with Crippen molar-refractivity contribution in [2.75, 3.05) is 0 Å². The highest BCUT2D eigenvalue weighted by atomic mass is 32.1. The largest absolute Gasteiger partial charge is 0.281 e. The first-order valence-corrected chi connectivity index (χ1v) is 10.8. The summed E-state index contributed by atoms with van der Waals surface area (Å²) in [7, 11) is 0. The van der Waals surface area contributed by atoms with Gasteiger partial charge in [0, 0.05) is 11.1 Å². The summed E-state index contributed by atoms with van der Waals surface area (Å²) >= 11 is 2.58. The van der Waals surface area contributed by atoms with Crippen LogP contribution in [0.2, 0.25) is 0 Å². The Labute approximate surface area is 181 Å². The Hall–Kier alpha value is -3.36. The number of hydrazine groups is 1. The number of thiazole rings is 2. The molecule has 6 nitrogen and oxygen atoms in total. The summed E-state index contributed by atoms with van der Waals surface area (Å²) in [4.78, 5) is 35.0. The molecule has 0 radical (unpaired) electrons. The molecule has 2 amide bonds. The fourth-order valence-corrected chi connectivity index (χ4v) is 4.78. The highest BCUT2D eigenvalue weighted by Gasteiger charge is 2.19. The smallest absolute Gasteiger partial charge is 0.266 e. The summed E-state index contributed by atoms with van der Waals surface area (Å²) in [5.41, 5.74) is 8.11. The second kappa shape index (κ2) is 8.56. The Morgan fingerprint density at radius 2 is 1.03 bits per heavy atom. The summed E-state index contributed by atoms with van der Waals surface area (Å²) in [6.07, 6.45) is 0. The van der Waals surface area contributed by atoms with E-state index in [-0.39, 0.29) is 0 Å². The second-order valence-electron chi connectivity index (χ2n) is 6.51. The van der Waals surface area contributed by atoms with Gasteiger partial charge in [0.05, 0.1) is 11.4 Å². The molecule has 2 aromatic heterocycles. The zero-order valence-electron chi connectivity index (χ0n) is 16.3. The van der Waals surface area contributed by atoms with E-state index in [0.717, 1.165) is 21.1 Å². The van der Waals surface area contributed by atoms with Crippen LogP contribution in [0.3, 0.4) is 0 Å². The van der Waals surface area contributed by atoms with Gasteiger partial charge in [-0.2, -0.15) is 0 Å². The van der Waals surface area contributed by atoms with Crippen LogP contribution >= 0.6 is 22.7 Å². The molecule has 0 unspecified atom stereocenters. The van der Waals surface area contributed by atoms with Crippen LogP contribution in [-0.2, 0) is 0 Å². The Kier molecular flexibility index (Phi) is 5.69. The van der Waals surface area contributed by atoms with Crippen molar-refractivity contribution in [3.05, 3.63) is 81.8 Å². The van der Waals surface area contributed by atoms with Gasteiger partial charge in [-0.15, -0.1) is 22.7 Å². The first-order valence-electron chi connectivity index (χ1n) is 9.19. The van der Waals surface area contributed by atoms with Crippen molar-refractivity contribution in [3.63, 3.8) is 0 Å². The van der Waals surface area contributed by atoms with Crippen molar-refractivity contribution in [3.8, 4) is 21.1 Å². The van der Waals surface area contributed by atoms with E-state index < -0.39 is 11.8 Å². The molecule has 4 rings (SSSR count). The minimum atomic E-state index is -0.397. The van der Waals surface area contributed by atoms with Gasteiger partial charge in [0.25, 0.3) is 11.8 Å². The molecule has 2 N–H and O–H groups in total. The average Bonchev–Trinajstić information content (AvgIpc) is 3.36. The quantitative estimate of drug-likeness (QED) is 0.459. The topological polar surface area (TPSA) is 84.0 Å². The molecule has 2 heterocycles. The molecular weight excluding hydrogens is 416 g/mol. The molecule has 4 aromatic rings. The van der Waals surface area contributed by atoms with Crippen molar-refractivity contribution >= 4 is 34.5 Å². The minimum absolute atomic E-state index is 0.397. The molecule has 0 atom stereocenters. The molecule has 0 saturated carbocycles. The zero-order chi connectivity index (χ0) is 21.1. The number of benzene rings is 2. The molecule has 150 valence electrons. The van der Waals surface area contributed by atoms with E-state index >= 15 is 0 Å². The number of hydrogen-bond donors (Lipinski definition) is 2. The van der Waals surface area contributed by atoms with Crippen molar-refractivity contribution in [2.24, 2.45) is 0 Å². The van der Waals surface area contributed by atoms with Crippen LogP contribution in [0.4, 0.5) is 0 Å². The van der Waals surface area contributed by atoms with Gasteiger partial charge >= 0.3 is 0 Å². The van der Waals surface area contributed by atoms with Crippen LogP contribution in [0, 0.1) is 13.8 Å². The van der Waals surface area contributed by atoms with Crippen molar-refractivity contribution in [2.45, 2.75) is 13.8 Å². The van der Waals surface area contributed by atoms with Gasteiger partial charge in [0.15, 0.2) is 0 Å². The highest BCUT2D eigenvalue weighted by molar-refractivity contribution is 7.17. The lowest BCUT2D eigenvalue weighted by Gasteiger charge is -2.05. The SMILES string of the molecule is Cc1nc(-c2ccccc2)sc1C(=O)NNC(=O)c1sc(-c2ccccc2)nc1C. The van der Waals surface area contributed by atoms with Crippen molar-refractivity contribution in [1.82, 2.24) is 20.8 Å². The summed E-state index contributed by atoms with van der Waals surface area (Å²) in [5, 5.41) is 1.52. The van der Waals surface area contributed by atoms with E-state index in [9.17, 15) is 9.59 Å². The van der Waals surface area contributed by atoms with Crippen LogP contribution in [0.15, 0.2) is 60.7 Å². The number of carbonyl (C=O) groups excluding carboxylic acids is 2. The summed E-state index contributed by atoms with van der Waals surface area (Å²) in [6.45, 7) is 3.55. The molecule has 0 fully saturated rings. The van der Waals surface area contributed by atoms with Crippen molar-refractivity contribution in [1.29, 1.82) is 0 Å². The fraction of sp³-hybridized carbons (Fsp3) is 0.0909. The predicted molar refractivity (Wildman–Crippen MR) is 120 cm³/mol. The zero-order valence-corrected chi connectivity index (χ0v) is 17.9. The van der Waals surface area contributed by atoms with E-state index in [4.69, 9.17) is 0 Å². The summed E-state index contributed by atoms with van der Waals surface area (Å²) in [5.74, 6) is -0.794. The number of nitrogens with zero attached hydrogens (tertiary/aromatic N) is 2. The van der Waals surface area contributed by atoms with E-state index in [1.807, 2.05) is 60.7 Å². The maximum Gasteiger partial charge on any atom is 0.281 e. The molecule has 0 saturated heterocycles. The third-order valence-corrected chi connectivity index (χ3v) is 6.75. The van der Waals surface area contributed by atoms with E-state index in [0.29, 0.717) is 21.1 Å². The minimum Gasteiger partial charge on any atom is -0.266 e. The van der Waals surface area contributed by atoms with Gasteiger partial charge in [0.1, 0.15) is 19.8 Å². The summed E-state index contributed by atoms with van der Waals surface area (Å²) in [6, 6.07) is 19.3. The maximum atomic E-state index is 12.6. The first kappa shape index (κ1) is 19.9. The van der Waals surface area contributed by atoms with Crippen LogP contribution < -0.4 is 10.9 Å². The lowest BCUT2D eigenvalue weighted by molar-refractivity contribution is 0.0850. The molecule has 0 aliphatic rings. The van der Waals surface area contributed by atoms with E-state index in [1.54, 1.807) is 13.8 Å². The van der Waals surface area contributed by atoms with Gasteiger partial charge in [-0.3, -0.25) is 20.4 Å². The van der Waals surface area contributed by atoms with E-state index in [2.05, 4.69) is 20.8 Å². The average molecular weight is 435 g/mol. The van der Waals surface area contributed by atoms with Crippen LogP contribution in [0.25, 0.3) is 21.1 Å². The van der Waals surface area contributed by atoms with Crippen molar-refractivity contribution < 1.29 is 9.59 Å². The second-order valence-corrected chi connectivity index (χ2v) is 8.51. The third kappa shape index (κ3) is 4.14. The Morgan fingerprint density at radius 3 is 1.40 bits per heavy atom. The number of aromatic nitrogens is 2. The predicted octanol–water partition coefficient (Wildman–Crippen LogP) is 4.63. The molecular formula is C22H18N4O2S2. The fourth-order valence-electron chi connectivity index (χ4n) is 2.85. The molecule has 0 bridgehead atoms. The monoisotopic (exact) mass is 434 g/mol. The molecule has 0 aliphatic carbocycles. The summed E-state index contributed by atoms with van der Waals surface area (Å²) < 4.78 is 0. The normalized spacial score (nSPS) is 10.6. The number of nitrogens with one attached hydrogen (secondary N) is 2. The highest BCUT2D eigenvalue weighted by Crippen LogP contribution is 2.28. The van der Waals surface area contributed by atoms with E-state index in [1.165, 1.54) is 22.7 Å². The maximum absolute atomic E-state index is 12.6. The van der Waals surface area contributed by atoms with Gasteiger partial charge in [-0.25, -0.2) is 9.97 Å². The number of hydrogen-bond acceptors (Lipinski definition) is 6. The van der Waals surface area contributed by atoms with Gasteiger partial charge in [-0.05, 0) is 13.8 Å². The first-order chi connectivity index (χ1) is 14.5. The number of aryl methyl sites for hydroxylation is 2. The Balaban J connectivity index is 1.45. The standard InChI is InChI=1S/C22H18N4O2S2/c1-13-17(29-21(23-13)15-9-5-3-6-10-15)19(27)25-26-20(28)18-14(2)24-22(30-18)16-11-7-4-8-12-16/h3-12H,1-2H3,(H,25,27)(H,26,28). The molecule has 2 aromatic carbocycles. The molecule has 0 aliphatic heterocycles. The Morgan fingerprint density at radius 1 is 0.667 bits per heavy atom. The van der Waals surface area contributed by atoms with Crippen LogP contribution in [0.1, 0.15) is 30.7 Å². The Bertz CT molecular complexity index is 1100. The molecule has 8 heteroatoms. The number of amides is 2. The van der Waals surface area contributed by atoms with Gasteiger partial charge in [-0.1, -0.05) is 60.7 Å². The molecule has 0 spiro atoms. The molecule has 30 heavy (non-hydrogen) atoms. The lowest BCUT2D eigenvalue weighted by atomic mass is 10.2. The number of carbonyl (C=O) groups is 2. The van der Waals surface area contributed by atoms with Crippen LogP contribution in [-0.4, -0.2) is 21.8 Å². The number of rotatable bonds is 4. The van der Waals surface area contributed by atoms with Gasteiger partial charge in [0.2, 0.25) is 0 Å². The third-order valence-electron chi connectivity index (χ3n) is 4.34. The van der Waals surface area contributed by atoms with Gasteiger partial charge < -0.3 is 0 Å².